The highest BCUT2D eigenvalue weighted by Gasteiger charge is 2.36. The molecule has 124 valence electrons. The van der Waals surface area contributed by atoms with Crippen LogP contribution in [0, 0.1) is 11.8 Å². The summed E-state index contributed by atoms with van der Waals surface area (Å²) in [4.78, 5) is 26.5. The maximum Gasteiger partial charge on any atom is 0.225 e. The third-order valence-corrected chi connectivity index (χ3v) is 4.68. The Morgan fingerprint density at radius 2 is 2.00 bits per heavy atom. The normalized spacial score (nSPS) is 20.9. The summed E-state index contributed by atoms with van der Waals surface area (Å²) in [5, 5.41) is 2.99. The first-order chi connectivity index (χ1) is 11.2. The fourth-order valence-corrected chi connectivity index (χ4v) is 3.16. The molecular weight excluding hydrogens is 292 g/mol. The second-order valence-electron chi connectivity index (χ2n) is 6.43. The predicted molar refractivity (Wildman–Crippen MR) is 86.9 cm³/mol. The molecule has 1 aliphatic carbocycles. The number of benzene rings is 1. The Kier molecular flexibility index (Phi) is 4.84. The second-order valence-corrected chi connectivity index (χ2v) is 6.43. The van der Waals surface area contributed by atoms with Crippen LogP contribution in [0.5, 0.6) is 5.75 Å². The van der Waals surface area contributed by atoms with Gasteiger partial charge in [0.15, 0.2) is 0 Å². The minimum atomic E-state index is -0.0962. The van der Waals surface area contributed by atoms with Crippen LogP contribution in [0.4, 0.5) is 0 Å². The number of hydrogen-bond donors (Lipinski definition) is 1. The quantitative estimate of drug-likeness (QED) is 0.903. The van der Waals surface area contributed by atoms with Crippen molar-refractivity contribution in [2.75, 3.05) is 20.2 Å². The summed E-state index contributed by atoms with van der Waals surface area (Å²) in [7, 11) is 1.63. The smallest absolute Gasteiger partial charge is 0.225 e. The summed E-state index contributed by atoms with van der Waals surface area (Å²) in [6.45, 7) is 1.81. The average molecular weight is 316 g/mol. The molecule has 1 heterocycles. The van der Waals surface area contributed by atoms with Crippen molar-refractivity contribution in [3.63, 3.8) is 0 Å². The molecule has 0 bridgehead atoms. The molecule has 0 spiro atoms. The van der Waals surface area contributed by atoms with Gasteiger partial charge in [-0.2, -0.15) is 0 Å². The van der Waals surface area contributed by atoms with Crippen LogP contribution in [-0.2, 0) is 16.1 Å². The zero-order chi connectivity index (χ0) is 16.2. The number of carbonyl (C=O) groups excluding carboxylic acids is 2. The lowest BCUT2D eigenvalue weighted by atomic mass is 9.96. The molecule has 1 saturated carbocycles. The van der Waals surface area contributed by atoms with E-state index in [0.29, 0.717) is 13.1 Å². The van der Waals surface area contributed by atoms with E-state index in [1.54, 1.807) is 7.11 Å². The van der Waals surface area contributed by atoms with E-state index >= 15 is 0 Å². The lowest BCUT2D eigenvalue weighted by Crippen LogP contribution is -2.45. The first-order valence-corrected chi connectivity index (χ1v) is 8.37. The zero-order valence-electron chi connectivity index (χ0n) is 13.6. The summed E-state index contributed by atoms with van der Waals surface area (Å²) in [5.74, 6) is 1.19. The minimum absolute atomic E-state index is 0.0317. The molecule has 0 aromatic heterocycles. The monoisotopic (exact) mass is 316 g/mol. The molecule has 23 heavy (non-hydrogen) atoms. The highest BCUT2D eigenvalue weighted by atomic mass is 16.5. The molecule has 1 aromatic carbocycles. The highest BCUT2D eigenvalue weighted by Crippen LogP contribution is 2.32. The van der Waals surface area contributed by atoms with Gasteiger partial charge in [0.1, 0.15) is 5.75 Å². The SMILES string of the molecule is COc1ccccc1CNC(=O)C1CCCN(C(=O)C2CC2)C1. The van der Waals surface area contributed by atoms with Gasteiger partial charge in [0.25, 0.3) is 0 Å². The predicted octanol–water partition coefficient (Wildman–Crippen LogP) is 1.96. The third kappa shape index (κ3) is 3.84. The van der Waals surface area contributed by atoms with E-state index < -0.39 is 0 Å². The highest BCUT2D eigenvalue weighted by molar-refractivity contribution is 5.83. The first kappa shape index (κ1) is 15.8. The number of hydrogen-bond acceptors (Lipinski definition) is 3. The molecule has 2 aliphatic rings. The van der Waals surface area contributed by atoms with E-state index in [1.165, 1.54) is 0 Å². The Labute approximate surface area is 137 Å². The molecule has 1 aliphatic heterocycles. The van der Waals surface area contributed by atoms with E-state index in [-0.39, 0.29) is 23.7 Å². The van der Waals surface area contributed by atoms with Crippen molar-refractivity contribution in [1.29, 1.82) is 0 Å². The van der Waals surface area contributed by atoms with Crippen molar-refractivity contribution >= 4 is 11.8 Å². The van der Waals surface area contributed by atoms with Crippen molar-refractivity contribution in [2.45, 2.75) is 32.2 Å². The van der Waals surface area contributed by atoms with Gasteiger partial charge in [-0.15, -0.1) is 0 Å². The number of nitrogens with zero attached hydrogens (tertiary/aromatic N) is 1. The number of piperidine rings is 1. The molecule has 1 saturated heterocycles. The Bertz CT molecular complexity index is 583. The van der Waals surface area contributed by atoms with Crippen LogP contribution in [0.1, 0.15) is 31.2 Å². The first-order valence-electron chi connectivity index (χ1n) is 8.37. The maximum atomic E-state index is 12.4. The van der Waals surface area contributed by atoms with Crippen LogP contribution in [0.2, 0.25) is 0 Å². The number of amides is 2. The van der Waals surface area contributed by atoms with Crippen LogP contribution in [0.15, 0.2) is 24.3 Å². The number of methoxy groups -OCH3 is 1. The van der Waals surface area contributed by atoms with E-state index in [0.717, 1.165) is 43.5 Å². The molecule has 2 amide bonds. The van der Waals surface area contributed by atoms with Gasteiger partial charge in [-0.1, -0.05) is 18.2 Å². The van der Waals surface area contributed by atoms with Gasteiger partial charge < -0.3 is 15.0 Å². The molecule has 0 radical (unpaired) electrons. The molecule has 2 fully saturated rings. The topological polar surface area (TPSA) is 58.6 Å². The van der Waals surface area contributed by atoms with Crippen LogP contribution in [-0.4, -0.2) is 36.9 Å². The third-order valence-electron chi connectivity index (χ3n) is 4.68. The summed E-state index contributed by atoms with van der Waals surface area (Å²) < 4.78 is 5.30. The number of rotatable bonds is 5. The number of likely N-dealkylation sites (tertiary alicyclic amines) is 1. The molecule has 5 heteroatoms. The van der Waals surface area contributed by atoms with Gasteiger partial charge in [0.05, 0.1) is 13.0 Å². The van der Waals surface area contributed by atoms with E-state index in [2.05, 4.69) is 5.32 Å². The Morgan fingerprint density at radius 1 is 1.22 bits per heavy atom. The second kappa shape index (κ2) is 7.02. The lowest BCUT2D eigenvalue weighted by Gasteiger charge is -2.32. The molecule has 5 nitrogen and oxygen atoms in total. The van der Waals surface area contributed by atoms with Crippen LogP contribution < -0.4 is 10.1 Å². The number of nitrogens with one attached hydrogen (secondary N) is 1. The van der Waals surface area contributed by atoms with Gasteiger partial charge in [0, 0.05) is 31.1 Å². The van der Waals surface area contributed by atoms with Crippen molar-refractivity contribution in [3.8, 4) is 5.75 Å². The average Bonchev–Trinajstić information content (AvgIpc) is 3.44. The van der Waals surface area contributed by atoms with Crippen LogP contribution >= 0.6 is 0 Å². The number of para-hydroxylation sites is 1. The molecule has 1 atom stereocenters. The molecule has 1 aromatic rings. The standard InChI is InChI=1S/C18H24N2O3/c1-23-16-7-3-2-5-14(16)11-19-17(21)15-6-4-10-20(12-15)18(22)13-8-9-13/h2-3,5,7,13,15H,4,6,8-12H2,1H3,(H,19,21). The fourth-order valence-electron chi connectivity index (χ4n) is 3.16. The van der Waals surface area contributed by atoms with Crippen LogP contribution in [0.25, 0.3) is 0 Å². The van der Waals surface area contributed by atoms with Gasteiger partial charge in [-0.3, -0.25) is 9.59 Å². The summed E-state index contributed by atoms with van der Waals surface area (Å²) in [6, 6.07) is 7.67. The van der Waals surface area contributed by atoms with E-state index in [4.69, 9.17) is 4.74 Å². The molecule has 1 unspecified atom stereocenters. The van der Waals surface area contributed by atoms with Crippen molar-refractivity contribution in [3.05, 3.63) is 29.8 Å². The Hall–Kier alpha value is -2.04. The van der Waals surface area contributed by atoms with Crippen LogP contribution in [0.3, 0.4) is 0 Å². The van der Waals surface area contributed by atoms with Crippen molar-refractivity contribution in [2.24, 2.45) is 11.8 Å². The fraction of sp³-hybridized carbons (Fsp3) is 0.556. The molecule has 1 N–H and O–H groups in total. The summed E-state index contributed by atoms with van der Waals surface area (Å²) in [6.07, 6.45) is 3.79. The van der Waals surface area contributed by atoms with Gasteiger partial charge >= 0.3 is 0 Å². The van der Waals surface area contributed by atoms with E-state index in [9.17, 15) is 9.59 Å². The summed E-state index contributed by atoms with van der Waals surface area (Å²) in [5.41, 5.74) is 0.963. The Balaban J connectivity index is 1.54. The van der Waals surface area contributed by atoms with Gasteiger partial charge in [-0.25, -0.2) is 0 Å². The lowest BCUT2D eigenvalue weighted by molar-refractivity contribution is -0.136. The minimum Gasteiger partial charge on any atom is -0.496 e. The largest absolute Gasteiger partial charge is 0.496 e. The van der Waals surface area contributed by atoms with Gasteiger partial charge in [0.2, 0.25) is 11.8 Å². The summed E-state index contributed by atoms with van der Waals surface area (Å²) >= 11 is 0. The number of carbonyl (C=O) groups is 2. The zero-order valence-corrected chi connectivity index (χ0v) is 13.6. The molecular formula is C18H24N2O3. The maximum absolute atomic E-state index is 12.4. The number of ether oxygens (including phenoxy) is 1. The van der Waals surface area contributed by atoms with Crippen molar-refractivity contribution in [1.82, 2.24) is 10.2 Å². The molecule has 3 rings (SSSR count). The Morgan fingerprint density at radius 3 is 2.74 bits per heavy atom. The van der Waals surface area contributed by atoms with E-state index in [1.807, 2.05) is 29.2 Å². The van der Waals surface area contributed by atoms with Crippen molar-refractivity contribution < 1.29 is 14.3 Å². The van der Waals surface area contributed by atoms with Gasteiger partial charge in [-0.05, 0) is 31.7 Å².